The van der Waals surface area contributed by atoms with Crippen molar-refractivity contribution in [3.05, 3.63) is 102 Å². The van der Waals surface area contributed by atoms with Gasteiger partial charge in [0.1, 0.15) is 11.9 Å². The van der Waals surface area contributed by atoms with Crippen LogP contribution in [0.2, 0.25) is 0 Å². The highest BCUT2D eigenvalue weighted by molar-refractivity contribution is 6.02. The van der Waals surface area contributed by atoms with Gasteiger partial charge in [0.05, 0.1) is 19.3 Å². The highest BCUT2D eigenvalue weighted by Crippen LogP contribution is 2.22. The number of hydrogen-bond acceptors (Lipinski definition) is 3. The molecule has 1 atom stereocenters. The number of hydrogen-bond donors (Lipinski definition) is 0. The molecule has 0 aromatic heterocycles. The van der Waals surface area contributed by atoms with E-state index in [1.54, 1.807) is 19.2 Å². The summed E-state index contributed by atoms with van der Waals surface area (Å²) < 4.78 is 11.4. The molecule has 3 aromatic rings. The van der Waals surface area contributed by atoms with E-state index in [2.05, 4.69) is 0 Å². The van der Waals surface area contributed by atoms with Crippen molar-refractivity contribution in [1.82, 2.24) is 0 Å². The zero-order valence-corrected chi connectivity index (χ0v) is 14.8. The van der Waals surface area contributed by atoms with Gasteiger partial charge in [-0.3, -0.25) is 4.79 Å². The predicted octanol–water partition coefficient (Wildman–Crippen LogP) is 4.71. The molecule has 0 saturated carbocycles. The molecule has 0 saturated heterocycles. The largest absolute Gasteiger partial charge is 0.496 e. The number of Topliss-reactive ketones (excluding diaryl/α,β-unsaturated/α-hetero) is 1. The number of methoxy groups -OCH3 is 1. The number of carbonyl (C=O) groups is 1. The number of rotatable bonds is 8. The second-order valence-corrected chi connectivity index (χ2v) is 6.04. The monoisotopic (exact) mass is 346 g/mol. The first-order valence-corrected chi connectivity index (χ1v) is 8.64. The molecule has 3 nitrogen and oxygen atoms in total. The number of para-hydroxylation sites is 1. The average Bonchev–Trinajstić information content (AvgIpc) is 2.72. The van der Waals surface area contributed by atoms with Crippen molar-refractivity contribution < 1.29 is 14.3 Å². The van der Waals surface area contributed by atoms with Crippen molar-refractivity contribution in [2.45, 2.75) is 19.1 Å². The van der Waals surface area contributed by atoms with E-state index in [1.807, 2.05) is 72.8 Å². The van der Waals surface area contributed by atoms with Gasteiger partial charge >= 0.3 is 0 Å². The van der Waals surface area contributed by atoms with Crippen LogP contribution < -0.4 is 4.74 Å². The third kappa shape index (κ3) is 4.58. The van der Waals surface area contributed by atoms with Crippen LogP contribution in [0.15, 0.2) is 84.9 Å². The molecule has 0 aliphatic rings. The summed E-state index contributed by atoms with van der Waals surface area (Å²) in [5.41, 5.74) is 2.65. The van der Waals surface area contributed by atoms with Gasteiger partial charge in [0, 0.05) is 6.42 Å². The van der Waals surface area contributed by atoms with Gasteiger partial charge in [0.25, 0.3) is 0 Å². The molecule has 0 N–H and O–H groups in total. The Labute approximate surface area is 154 Å². The van der Waals surface area contributed by atoms with E-state index in [0.717, 1.165) is 11.1 Å². The maximum absolute atomic E-state index is 13.1. The summed E-state index contributed by atoms with van der Waals surface area (Å²) in [7, 11) is 1.57. The summed E-state index contributed by atoms with van der Waals surface area (Å²) in [5, 5.41) is 0. The van der Waals surface area contributed by atoms with E-state index in [1.165, 1.54) is 0 Å². The van der Waals surface area contributed by atoms with E-state index in [9.17, 15) is 4.79 Å². The smallest absolute Gasteiger partial charge is 0.195 e. The molecular weight excluding hydrogens is 324 g/mol. The van der Waals surface area contributed by atoms with E-state index in [-0.39, 0.29) is 5.78 Å². The molecule has 0 fully saturated rings. The zero-order chi connectivity index (χ0) is 18.2. The first kappa shape index (κ1) is 17.9. The molecule has 3 aromatic carbocycles. The second kappa shape index (κ2) is 8.97. The maximum atomic E-state index is 13.1. The third-order valence-corrected chi connectivity index (χ3v) is 4.22. The molecule has 0 heterocycles. The lowest BCUT2D eigenvalue weighted by Gasteiger charge is -2.18. The van der Waals surface area contributed by atoms with Gasteiger partial charge in [-0.2, -0.15) is 0 Å². The van der Waals surface area contributed by atoms with Gasteiger partial charge in [0.2, 0.25) is 0 Å². The van der Waals surface area contributed by atoms with Crippen LogP contribution in [0.4, 0.5) is 0 Å². The molecule has 26 heavy (non-hydrogen) atoms. The minimum atomic E-state index is -0.575. The van der Waals surface area contributed by atoms with Gasteiger partial charge in [-0.15, -0.1) is 0 Å². The van der Waals surface area contributed by atoms with Crippen molar-refractivity contribution in [2.24, 2.45) is 0 Å². The van der Waals surface area contributed by atoms with Gasteiger partial charge in [-0.1, -0.05) is 72.8 Å². The first-order chi connectivity index (χ1) is 12.8. The van der Waals surface area contributed by atoms with Crippen LogP contribution in [0.5, 0.6) is 5.75 Å². The molecular formula is C23H22O3. The SMILES string of the molecule is COc1ccccc1C(=O)[C@H](Cc1ccccc1)OCc1ccccc1. The second-order valence-electron chi connectivity index (χ2n) is 6.04. The van der Waals surface area contributed by atoms with E-state index >= 15 is 0 Å². The van der Waals surface area contributed by atoms with Crippen LogP contribution in [-0.2, 0) is 17.8 Å². The zero-order valence-electron chi connectivity index (χ0n) is 14.8. The lowest BCUT2D eigenvalue weighted by molar-refractivity contribution is 0.0339. The summed E-state index contributed by atoms with van der Waals surface area (Å²) in [6.45, 7) is 0.388. The van der Waals surface area contributed by atoms with Crippen molar-refractivity contribution in [2.75, 3.05) is 7.11 Å². The molecule has 3 rings (SSSR count). The fourth-order valence-corrected chi connectivity index (χ4v) is 2.85. The van der Waals surface area contributed by atoms with E-state index in [0.29, 0.717) is 24.3 Å². The van der Waals surface area contributed by atoms with Gasteiger partial charge < -0.3 is 9.47 Å². The number of benzene rings is 3. The van der Waals surface area contributed by atoms with Crippen LogP contribution in [0, 0.1) is 0 Å². The Balaban J connectivity index is 1.82. The standard InChI is InChI=1S/C23H22O3/c1-25-21-15-9-8-14-20(21)23(24)22(16-18-10-4-2-5-11-18)26-17-19-12-6-3-7-13-19/h2-15,22H,16-17H2,1H3/t22-/m0/s1. The Morgan fingerprint density at radius 1 is 0.808 bits per heavy atom. The molecule has 0 radical (unpaired) electrons. The topological polar surface area (TPSA) is 35.5 Å². The van der Waals surface area contributed by atoms with Crippen molar-refractivity contribution in [3.8, 4) is 5.75 Å². The summed E-state index contributed by atoms with van der Waals surface area (Å²) in [6, 6.07) is 27.1. The lowest BCUT2D eigenvalue weighted by Crippen LogP contribution is -2.27. The van der Waals surface area contributed by atoms with Crippen molar-refractivity contribution >= 4 is 5.78 Å². The number of ether oxygens (including phenoxy) is 2. The fraction of sp³-hybridized carbons (Fsp3) is 0.174. The summed E-state index contributed by atoms with van der Waals surface area (Å²) in [5.74, 6) is 0.501. The summed E-state index contributed by atoms with van der Waals surface area (Å²) >= 11 is 0. The van der Waals surface area contributed by atoms with Crippen molar-refractivity contribution in [1.29, 1.82) is 0 Å². The van der Waals surface area contributed by atoms with Gasteiger partial charge in [0.15, 0.2) is 5.78 Å². The molecule has 132 valence electrons. The Morgan fingerprint density at radius 3 is 2.04 bits per heavy atom. The maximum Gasteiger partial charge on any atom is 0.195 e. The van der Waals surface area contributed by atoms with Gasteiger partial charge in [-0.05, 0) is 23.3 Å². The van der Waals surface area contributed by atoms with Crippen LogP contribution in [0.1, 0.15) is 21.5 Å². The Hall–Kier alpha value is -2.91. The molecule has 0 aliphatic carbocycles. The number of carbonyl (C=O) groups excluding carboxylic acids is 1. The van der Waals surface area contributed by atoms with Crippen LogP contribution in [0.3, 0.4) is 0 Å². The highest BCUT2D eigenvalue weighted by Gasteiger charge is 2.24. The van der Waals surface area contributed by atoms with E-state index in [4.69, 9.17) is 9.47 Å². The summed E-state index contributed by atoms with van der Waals surface area (Å²) in [4.78, 5) is 13.1. The molecule has 0 aliphatic heterocycles. The minimum absolute atomic E-state index is 0.0674. The van der Waals surface area contributed by atoms with E-state index < -0.39 is 6.10 Å². The summed E-state index contributed by atoms with van der Waals surface area (Å²) in [6.07, 6.45) is -0.0567. The Morgan fingerprint density at radius 2 is 1.38 bits per heavy atom. The average molecular weight is 346 g/mol. The fourth-order valence-electron chi connectivity index (χ4n) is 2.85. The van der Waals surface area contributed by atoms with Crippen LogP contribution >= 0.6 is 0 Å². The van der Waals surface area contributed by atoms with Crippen LogP contribution in [0.25, 0.3) is 0 Å². The molecule has 0 unspecified atom stereocenters. The van der Waals surface area contributed by atoms with Crippen molar-refractivity contribution in [3.63, 3.8) is 0 Å². The normalized spacial score (nSPS) is 11.7. The van der Waals surface area contributed by atoms with Gasteiger partial charge in [-0.25, -0.2) is 0 Å². The Kier molecular flexibility index (Phi) is 6.18. The molecule has 0 bridgehead atoms. The Bertz CT molecular complexity index is 828. The third-order valence-electron chi connectivity index (χ3n) is 4.22. The lowest BCUT2D eigenvalue weighted by atomic mass is 9.99. The quantitative estimate of drug-likeness (QED) is 0.554. The highest BCUT2D eigenvalue weighted by atomic mass is 16.5. The minimum Gasteiger partial charge on any atom is -0.496 e. The molecule has 3 heteroatoms. The molecule has 0 spiro atoms. The number of ketones is 1. The first-order valence-electron chi connectivity index (χ1n) is 8.64. The predicted molar refractivity (Wildman–Crippen MR) is 102 cm³/mol. The van der Waals surface area contributed by atoms with Crippen LogP contribution in [-0.4, -0.2) is 19.0 Å². The molecule has 0 amide bonds.